The minimum absolute atomic E-state index is 0.141. The molecule has 2 aromatic rings. The standard InChI is InChI=1S/C19H20O3S/c1-11-9-17(13(3)23-11)19(21)22-12(2)18(20)16-8-7-14-5-4-6-15(14)10-16/h7-10,12H,4-6H2,1-3H3/t12-/m1/s1. The molecule has 3 rings (SSSR count). The van der Waals surface area contributed by atoms with Gasteiger partial charge < -0.3 is 4.74 Å². The van der Waals surface area contributed by atoms with Crippen molar-refractivity contribution in [2.45, 2.75) is 46.1 Å². The second kappa shape index (κ2) is 6.28. The lowest BCUT2D eigenvalue weighted by Gasteiger charge is -2.13. The van der Waals surface area contributed by atoms with Gasteiger partial charge in [0.25, 0.3) is 0 Å². The van der Waals surface area contributed by atoms with Crippen LogP contribution in [0.5, 0.6) is 0 Å². The molecule has 0 amide bonds. The third kappa shape index (κ3) is 3.22. The zero-order chi connectivity index (χ0) is 16.6. The average molecular weight is 328 g/mol. The molecule has 1 aromatic heterocycles. The molecule has 1 atom stereocenters. The first-order valence-electron chi connectivity index (χ1n) is 7.89. The smallest absolute Gasteiger partial charge is 0.339 e. The Morgan fingerprint density at radius 3 is 2.57 bits per heavy atom. The van der Waals surface area contributed by atoms with Crippen LogP contribution in [-0.4, -0.2) is 17.9 Å². The van der Waals surface area contributed by atoms with Crippen LogP contribution in [0.3, 0.4) is 0 Å². The quantitative estimate of drug-likeness (QED) is 0.621. The number of carbonyl (C=O) groups is 2. The number of Topliss-reactive ketones (excluding diaryl/α,β-unsaturated/α-hetero) is 1. The summed E-state index contributed by atoms with van der Waals surface area (Å²) < 4.78 is 5.38. The minimum Gasteiger partial charge on any atom is -0.451 e. The zero-order valence-corrected chi connectivity index (χ0v) is 14.5. The van der Waals surface area contributed by atoms with E-state index in [0.29, 0.717) is 11.1 Å². The number of hydrogen-bond donors (Lipinski definition) is 0. The number of benzene rings is 1. The van der Waals surface area contributed by atoms with E-state index in [9.17, 15) is 9.59 Å². The van der Waals surface area contributed by atoms with Crippen LogP contribution >= 0.6 is 11.3 Å². The van der Waals surface area contributed by atoms with E-state index in [1.54, 1.807) is 18.3 Å². The predicted octanol–water partition coefficient (Wildman–Crippen LogP) is 4.28. The summed E-state index contributed by atoms with van der Waals surface area (Å²) in [5, 5.41) is 0. The number of rotatable bonds is 4. The Morgan fingerprint density at radius 2 is 1.87 bits per heavy atom. The number of carbonyl (C=O) groups excluding carboxylic acids is 2. The van der Waals surface area contributed by atoms with E-state index >= 15 is 0 Å². The van der Waals surface area contributed by atoms with E-state index in [2.05, 4.69) is 0 Å². The Labute approximate surface area is 140 Å². The highest BCUT2D eigenvalue weighted by molar-refractivity contribution is 7.12. The third-order valence-electron chi connectivity index (χ3n) is 4.30. The van der Waals surface area contributed by atoms with Crippen molar-refractivity contribution in [3.05, 3.63) is 56.3 Å². The lowest BCUT2D eigenvalue weighted by molar-refractivity contribution is 0.0318. The maximum absolute atomic E-state index is 12.5. The summed E-state index contributed by atoms with van der Waals surface area (Å²) >= 11 is 1.56. The van der Waals surface area contributed by atoms with Crippen LogP contribution in [0.25, 0.3) is 0 Å². The largest absolute Gasteiger partial charge is 0.451 e. The van der Waals surface area contributed by atoms with Gasteiger partial charge in [0.15, 0.2) is 6.10 Å². The number of esters is 1. The SMILES string of the molecule is Cc1cc(C(=O)O[C@H](C)C(=O)c2ccc3c(c2)CCC3)c(C)s1. The van der Waals surface area contributed by atoms with E-state index in [4.69, 9.17) is 4.74 Å². The maximum atomic E-state index is 12.5. The van der Waals surface area contributed by atoms with Crippen LogP contribution in [0.2, 0.25) is 0 Å². The molecule has 1 heterocycles. The van der Waals surface area contributed by atoms with Crippen molar-refractivity contribution in [3.8, 4) is 0 Å². The molecule has 4 heteroatoms. The summed E-state index contributed by atoms with van der Waals surface area (Å²) in [7, 11) is 0. The van der Waals surface area contributed by atoms with Gasteiger partial charge in [-0.15, -0.1) is 11.3 Å². The van der Waals surface area contributed by atoms with Crippen LogP contribution in [0.4, 0.5) is 0 Å². The molecular weight excluding hydrogens is 308 g/mol. The minimum atomic E-state index is -0.776. The number of ether oxygens (including phenoxy) is 1. The Bertz CT molecular complexity index is 773. The second-order valence-electron chi connectivity index (χ2n) is 6.08. The normalized spacial score (nSPS) is 14.4. The Hall–Kier alpha value is -1.94. The molecule has 1 aliphatic carbocycles. The molecule has 1 aliphatic rings. The Morgan fingerprint density at radius 1 is 1.13 bits per heavy atom. The van der Waals surface area contributed by atoms with Gasteiger partial charge in [-0.3, -0.25) is 4.79 Å². The Balaban J connectivity index is 1.72. The van der Waals surface area contributed by atoms with Crippen LogP contribution in [0, 0.1) is 13.8 Å². The number of ketones is 1. The zero-order valence-electron chi connectivity index (χ0n) is 13.6. The van der Waals surface area contributed by atoms with Crippen LogP contribution in [0.1, 0.15) is 54.9 Å². The predicted molar refractivity (Wildman–Crippen MR) is 91.5 cm³/mol. The second-order valence-corrected chi connectivity index (χ2v) is 7.54. The van der Waals surface area contributed by atoms with E-state index < -0.39 is 12.1 Å². The molecule has 0 bridgehead atoms. The van der Waals surface area contributed by atoms with E-state index in [1.807, 2.05) is 38.1 Å². The van der Waals surface area contributed by atoms with Gasteiger partial charge in [-0.25, -0.2) is 4.79 Å². The van der Waals surface area contributed by atoms with Gasteiger partial charge in [0.05, 0.1) is 5.56 Å². The highest BCUT2D eigenvalue weighted by Gasteiger charge is 2.23. The molecular formula is C19H20O3S. The van der Waals surface area contributed by atoms with E-state index in [0.717, 1.165) is 29.0 Å². The van der Waals surface area contributed by atoms with Gasteiger partial charge in [0.1, 0.15) is 0 Å². The van der Waals surface area contributed by atoms with Gasteiger partial charge in [-0.2, -0.15) is 0 Å². The van der Waals surface area contributed by atoms with Crippen molar-refractivity contribution >= 4 is 23.1 Å². The Kier molecular flexibility index (Phi) is 4.35. The first-order valence-corrected chi connectivity index (χ1v) is 8.71. The molecule has 23 heavy (non-hydrogen) atoms. The number of thiophene rings is 1. The summed E-state index contributed by atoms with van der Waals surface area (Å²) in [6, 6.07) is 7.64. The molecule has 0 saturated heterocycles. The van der Waals surface area contributed by atoms with Gasteiger partial charge in [-0.05, 0) is 63.3 Å². The van der Waals surface area contributed by atoms with Crippen molar-refractivity contribution < 1.29 is 14.3 Å². The lowest BCUT2D eigenvalue weighted by Crippen LogP contribution is -2.24. The highest BCUT2D eigenvalue weighted by atomic mass is 32.1. The maximum Gasteiger partial charge on any atom is 0.339 e. The van der Waals surface area contributed by atoms with Crippen molar-refractivity contribution in [1.29, 1.82) is 0 Å². The molecule has 0 aliphatic heterocycles. The van der Waals surface area contributed by atoms with Crippen LogP contribution in [-0.2, 0) is 17.6 Å². The third-order valence-corrected chi connectivity index (χ3v) is 5.26. The fourth-order valence-electron chi connectivity index (χ4n) is 3.07. The van der Waals surface area contributed by atoms with E-state index in [-0.39, 0.29) is 5.78 Å². The highest BCUT2D eigenvalue weighted by Crippen LogP contribution is 2.25. The molecule has 0 fully saturated rings. The molecule has 0 N–H and O–H groups in total. The van der Waals surface area contributed by atoms with Gasteiger partial charge in [0, 0.05) is 15.3 Å². The van der Waals surface area contributed by atoms with E-state index in [1.165, 1.54) is 11.1 Å². The monoisotopic (exact) mass is 328 g/mol. The molecule has 3 nitrogen and oxygen atoms in total. The van der Waals surface area contributed by atoms with Crippen molar-refractivity contribution in [2.75, 3.05) is 0 Å². The molecule has 0 radical (unpaired) electrons. The summed E-state index contributed by atoms with van der Waals surface area (Å²) in [5.74, 6) is -0.563. The molecule has 0 saturated carbocycles. The van der Waals surface area contributed by atoms with Crippen molar-refractivity contribution in [2.24, 2.45) is 0 Å². The summed E-state index contributed by atoms with van der Waals surface area (Å²) in [6.07, 6.45) is 2.49. The molecule has 0 unspecified atom stereocenters. The van der Waals surface area contributed by atoms with Crippen LogP contribution < -0.4 is 0 Å². The lowest BCUT2D eigenvalue weighted by atomic mass is 10.0. The van der Waals surface area contributed by atoms with Crippen LogP contribution in [0.15, 0.2) is 24.3 Å². The van der Waals surface area contributed by atoms with Gasteiger partial charge in [0.2, 0.25) is 5.78 Å². The summed E-state index contributed by atoms with van der Waals surface area (Å²) in [5.41, 5.74) is 3.76. The molecule has 1 aromatic carbocycles. The number of aryl methyl sites for hydroxylation is 4. The van der Waals surface area contributed by atoms with Gasteiger partial charge in [-0.1, -0.05) is 12.1 Å². The number of hydrogen-bond acceptors (Lipinski definition) is 4. The number of fused-ring (bicyclic) bond motifs is 1. The van der Waals surface area contributed by atoms with Crippen molar-refractivity contribution in [1.82, 2.24) is 0 Å². The average Bonchev–Trinajstić information content (AvgIpc) is 3.11. The topological polar surface area (TPSA) is 43.4 Å². The summed E-state index contributed by atoms with van der Waals surface area (Å²) in [6.45, 7) is 5.48. The first-order chi connectivity index (χ1) is 11.0. The summed E-state index contributed by atoms with van der Waals surface area (Å²) in [4.78, 5) is 26.8. The van der Waals surface area contributed by atoms with Gasteiger partial charge >= 0.3 is 5.97 Å². The fraction of sp³-hybridized carbons (Fsp3) is 0.368. The molecule has 120 valence electrons. The van der Waals surface area contributed by atoms with Crippen molar-refractivity contribution in [3.63, 3.8) is 0 Å². The first kappa shape index (κ1) is 15.9. The fourth-order valence-corrected chi connectivity index (χ4v) is 3.98. The molecule has 0 spiro atoms.